The van der Waals surface area contributed by atoms with E-state index in [1.54, 1.807) is 13.1 Å². The number of amides is 2. The maximum Gasteiger partial charge on any atom is 0.329 e. The number of unbranched alkanes of at least 4 members (excludes halogenated alkanes) is 1. The second-order valence-electron chi connectivity index (χ2n) is 4.67. The van der Waals surface area contributed by atoms with Crippen LogP contribution in [0.25, 0.3) is 0 Å². The van der Waals surface area contributed by atoms with Crippen molar-refractivity contribution in [2.75, 3.05) is 13.6 Å². The van der Waals surface area contributed by atoms with E-state index in [9.17, 15) is 9.59 Å². The Balaban J connectivity index is 4.41. The van der Waals surface area contributed by atoms with Gasteiger partial charge in [-0.05, 0) is 26.2 Å². The van der Waals surface area contributed by atoms with Crippen LogP contribution in [0.15, 0.2) is 12.7 Å². The molecule has 0 aromatic carbocycles. The third kappa shape index (κ3) is 5.21. The number of aliphatic carboxylic acids is 1. The van der Waals surface area contributed by atoms with Gasteiger partial charge in [0.05, 0.1) is 0 Å². The van der Waals surface area contributed by atoms with Crippen LogP contribution in [0.4, 0.5) is 4.79 Å². The second kappa shape index (κ2) is 7.74. The maximum absolute atomic E-state index is 11.9. The highest BCUT2D eigenvalue weighted by Crippen LogP contribution is 2.13. The van der Waals surface area contributed by atoms with Gasteiger partial charge in [0, 0.05) is 13.6 Å². The van der Waals surface area contributed by atoms with Gasteiger partial charge in [-0.2, -0.15) is 0 Å². The number of nitrogens with one attached hydrogen (secondary N) is 1. The molecule has 0 aromatic heterocycles. The number of carboxylic acid groups (broad SMARTS) is 1. The van der Waals surface area contributed by atoms with E-state index < -0.39 is 11.5 Å². The number of urea groups is 1. The van der Waals surface area contributed by atoms with Gasteiger partial charge in [0.15, 0.2) is 0 Å². The number of hydrogen-bond donors (Lipinski definition) is 2. The fourth-order valence-corrected chi connectivity index (χ4v) is 1.63. The zero-order valence-electron chi connectivity index (χ0n) is 11.5. The van der Waals surface area contributed by atoms with Crippen molar-refractivity contribution < 1.29 is 14.7 Å². The molecule has 0 spiro atoms. The third-order valence-corrected chi connectivity index (χ3v) is 2.85. The highest BCUT2D eigenvalue weighted by atomic mass is 16.4. The third-order valence-electron chi connectivity index (χ3n) is 2.85. The average Bonchev–Trinajstić information content (AvgIpc) is 2.29. The van der Waals surface area contributed by atoms with Crippen LogP contribution in [0.3, 0.4) is 0 Å². The lowest BCUT2D eigenvalue weighted by Crippen LogP contribution is -2.55. The summed E-state index contributed by atoms with van der Waals surface area (Å²) in [7, 11) is 1.66. The van der Waals surface area contributed by atoms with E-state index in [4.69, 9.17) is 5.11 Å². The largest absolute Gasteiger partial charge is 0.480 e. The van der Waals surface area contributed by atoms with E-state index in [2.05, 4.69) is 11.9 Å². The molecule has 0 rings (SSSR count). The molecule has 2 N–H and O–H groups in total. The van der Waals surface area contributed by atoms with E-state index in [-0.39, 0.29) is 6.03 Å². The molecule has 18 heavy (non-hydrogen) atoms. The fraction of sp³-hybridized carbons (Fsp3) is 0.692. The molecule has 0 saturated heterocycles. The van der Waals surface area contributed by atoms with Crippen LogP contribution in [0.5, 0.6) is 0 Å². The zero-order valence-corrected chi connectivity index (χ0v) is 11.5. The Hall–Kier alpha value is -1.52. The number of carboxylic acids is 1. The molecule has 1 atom stereocenters. The molecular weight excluding hydrogens is 232 g/mol. The van der Waals surface area contributed by atoms with Gasteiger partial charge in [-0.1, -0.05) is 19.4 Å². The van der Waals surface area contributed by atoms with Crippen molar-refractivity contribution in [1.29, 1.82) is 0 Å². The van der Waals surface area contributed by atoms with Crippen LogP contribution in [0.1, 0.15) is 39.5 Å². The topological polar surface area (TPSA) is 69.6 Å². The van der Waals surface area contributed by atoms with Crippen LogP contribution in [-0.2, 0) is 4.79 Å². The van der Waals surface area contributed by atoms with Gasteiger partial charge in [0.2, 0.25) is 0 Å². The molecule has 5 nitrogen and oxygen atoms in total. The smallest absolute Gasteiger partial charge is 0.329 e. The number of carbonyl (C=O) groups is 2. The van der Waals surface area contributed by atoms with Crippen LogP contribution < -0.4 is 5.32 Å². The van der Waals surface area contributed by atoms with Crippen molar-refractivity contribution in [2.24, 2.45) is 0 Å². The van der Waals surface area contributed by atoms with Crippen LogP contribution >= 0.6 is 0 Å². The summed E-state index contributed by atoms with van der Waals surface area (Å²) in [5.74, 6) is -1.00. The zero-order chi connectivity index (χ0) is 14.2. The first-order valence-electron chi connectivity index (χ1n) is 6.25. The molecule has 0 aliphatic carbocycles. The van der Waals surface area contributed by atoms with Crippen LogP contribution in [0.2, 0.25) is 0 Å². The minimum absolute atomic E-state index is 0.350. The monoisotopic (exact) mass is 256 g/mol. The molecule has 0 aliphatic rings. The molecule has 0 radical (unpaired) electrons. The second-order valence-corrected chi connectivity index (χ2v) is 4.67. The van der Waals surface area contributed by atoms with Crippen molar-refractivity contribution in [3.8, 4) is 0 Å². The van der Waals surface area contributed by atoms with Gasteiger partial charge >= 0.3 is 12.0 Å². The fourth-order valence-electron chi connectivity index (χ4n) is 1.63. The van der Waals surface area contributed by atoms with Crippen molar-refractivity contribution in [3.63, 3.8) is 0 Å². The molecule has 0 saturated carbocycles. The lowest BCUT2D eigenvalue weighted by molar-refractivity contribution is -0.144. The first-order valence-corrected chi connectivity index (χ1v) is 6.25. The lowest BCUT2D eigenvalue weighted by Gasteiger charge is -2.28. The first kappa shape index (κ1) is 16.5. The van der Waals surface area contributed by atoms with E-state index in [0.717, 1.165) is 12.8 Å². The molecule has 5 heteroatoms. The summed E-state index contributed by atoms with van der Waals surface area (Å²) in [6.45, 7) is 7.62. The molecule has 0 aromatic rings. The molecule has 1 unspecified atom stereocenters. The van der Waals surface area contributed by atoms with Gasteiger partial charge in [-0.3, -0.25) is 0 Å². The number of allylic oxidation sites excluding steroid dienone is 1. The summed E-state index contributed by atoms with van der Waals surface area (Å²) < 4.78 is 0. The number of hydrogen-bond acceptors (Lipinski definition) is 2. The standard InChI is InChI=1S/C13H24N2O3/c1-5-7-8-10-15(4)12(18)14-13(3,9-6-2)11(16)17/h5H,1,6-10H2,2-4H3,(H,14,18)(H,16,17). The van der Waals surface area contributed by atoms with Gasteiger partial charge in [-0.25, -0.2) is 9.59 Å². The normalized spacial score (nSPS) is 13.5. The van der Waals surface area contributed by atoms with E-state index in [0.29, 0.717) is 19.4 Å². The van der Waals surface area contributed by atoms with Gasteiger partial charge in [0.1, 0.15) is 5.54 Å². The summed E-state index contributed by atoms with van der Waals surface area (Å²) >= 11 is 0. The van der Waals surface area contributed by atoms with Crippen LogP contribution in [0, 0.1) is 0 Å². The maximum atomic E-state index is 11.9. The summed E-state index contributed by atoms with van der Waals surface area (Å²) in [5, 5.41) is 11.7. The number of carbonyl (C=O) groups excluding carboxylic acids is 1. The minimum atomic E-state index is -1.20. The van der Waals surface area contributed by atoms with E-state index in [1.807, 2.05) is 6.92 Å². The Morgan fingerprint density at radius 1 is 1.50 bits per heavy atom. The van der Waals surface area contributed by atoms with Gasteiger partial charge in [0.25, 0.3) is 0 Å². The molecular formula is C13H24N2O3. The predicted octanol–water partition coefficient (Wildman–Crippen LogP) is 2.24. The summed E-state index contributed by atoms with van der Waals surface area (Å²) in [4.78, 5) is 24.5. The molecule has 0 fully saturated rings. The summed E-state index contributed by atoms with van der Waals surface area (Å²) in [6.07, 6.45) is 4.57. The summed E-state index contributed by atoms with van der Waals surface area (Å²) in [5.41, 5.74) is -1.20. The van der Waals surface area contributed by atoms with Gasteiger partial charge in [-0.15, -0.1) is 6.58 Å². The van der Waals surface area contributed by atoms with Crippen molar-refractivity contribution >= 4 is 12.0 Å². The number of rotatable bonds is 8. The first-order chi connectivity index (χ1) is 8.37. The SMILES string of the molecule is C=CCCCN(C)C(=O)NC(C)(CCC)C(=O)O. The Morgan fingerprint density at radius 2 is 2.11 bits per heavy atom. The molecule has 104 valence electrons. The van der Waals surface area contributed by atoms with Crippen LogP contribution in [-0.4, -0.2) is 41.1 Å². The highest BCUT2D eigenvalue weighted by Gasteiger charge is 2.34. The minimum Gasteiger partial charge on any atom is -0.480 e. The Kier molecular flexibility index (Phi) is 7.08. The number of nitrogens with zero attached hydrogens (tertiary/aromatic N) is 1. The van der Waals surface area contributed by atoms with E-state index >= 15 is 0 Å². The van der Waals surface area contributed by atoms with Crippen molar-refractivity contribution in [1.82, 2.24) is 10.2 Å². The average molecular weight is 256 g/mol. The quantitative estimate of drug-likeness (QED) is 0.517. The van der Waals surface area contributed by atoms with Gasteiger partial charge < -0.3 is 15.3 Å². The van der Waals surface area contributed by atoms with Crippen molar-refractivity contribution in [2.45, 2.75) is 45.1 Å². The van der Waals surface area contributed by atoms with Crippen molar-refractivity contribution in [3.05, 3.63) is 12.7 Å². The predicted molar refractivity (Wildman–Crippen MR) is 71.5 cm³/mol. The Labute approximate surface area is 109 Å². The Morgan fingerprint density at radius 3 is 2.56 bits per heavy atom. The molecule has 0 bridgehead atoms. The lowest BCUT2D eigenvalue weighted by atomic mass is 9.96. The Bertz CT molecular complexity index is 305. The summed E-state index contributed by atoms with van der Waals surface area (Å²) in [6, 6.07) is -0.350. The molecule has 2 amide bonds. The highest BCUT2D eigenvalue weighted by molar-refractivity contribution is 5.85. The van der Waals surface area contributed by atoms with E-state index in [1.165, 1.54) is 11.8 Å². The molecule has 0 aliphatic heterocycles. The molecule has 0 heterocycles.